The zero-order valence-electron chi connectivity index (χ0n) is 12.4. The summed E-state index contributed by atoms with van der Waals surface area (Å²) in [6, 6.07) is 0. The minimum absolute atomic E-state index is 0.0379. The van der Waals surface area contributed by atoms with E-state index in [4.69, 9.17) is 19.2 Å². The summed E-state index contributed by atoms with van der Waals surface area (Å²) < 4.78 is 11.9. The Balaban J connectivity index is 1.82. The summed E-state index contributed by atoms with van der Waals surface area (Å²) >= 11 is 0. The Labute approximate surface area is 119 Å². The van der Waals surface area contributed by atoms with Crippen molar-refractivity contribution in [2.75, 3.05) is 0 Å². The first-order chi connectivity index (χ1) is 9.46. The molecule has 2 bridgehead atoms. The average Bonchev–Trinajstić information content (AvgIpc) is 2.63. The number of aliphatic hydroxyl groups excluding tert-OH is 1. The van der Waals surface area contributed by atoms with Gasteiger partial charge in [-0.25, -0.2) is 9.78 Å². The highest BCUT2D eigenvalue weighted by atomic mass is 17.3. The summed E-state index contributed by atoms with van der Waals surface area (Å²) in [4.78, 5) is 11.6. The third kappa shape index (κ3) is 1.56. The lowest BCUT2D eigenvalue weighted by Crippen LogP contribution is -2.70. The van der Waals surface area contributed by atoms with Crippen LogP contribution in [0.3, 0.4) is 0 Å². The van der Waals surface area contributed by atoms with Gasteiger partial charge in [-0.3, -0.25) is 0 Å². The van der Waals surface area contributed by atoms with E-state index in [1.165, 1.54) is 6.42 Å². The van der Waals surface area contributed by atoms with E-state index in [-0.39, 0.29) is 11.8 Å². The molecule has 0 aromatic rings. The van der Waals surface area contributed by atoms with Crippen molar-refractivity contribution >= 4 is 0 Å². The predicted molar refractivity (Wildman–Crippen MR) is 69.0 cm³/mol. The molecule has 1 aliphatic carbocycles. The first-order valence-corrected chi connectivity index (χ1v) is 7.84. The molecule has 8 atom stereocenters. The molecule has 0 amide bonds. The third-order valence-electron chi connectivity index (χ3n) is 6.12. The standard InChI is InChI=1S/C15H24O5/c1-8-4-5-11-9(2)12(16)17-13-15(11)10(8)6-7-14(3,18-13)19-20-15/h8-13,16H,4-7H2,1-3H3/t8-,9+,10-,11-,12+,13-,14+,15+/m0/s1. The molecule has 5 fully saturated rings. The largest absolute Gasteiger partial charge is 0.368 e. The van der Waals surface area contributed by atoms with Crippen LogP contribution in [0.15, 0.2) is 0 Å². The average molecular weight is 284 g/mol. The Bertz CT molecular complexity index is 411. The lowest BCUT2D eigenvalue weighted by atomic mass is 9.58. The van der Waals surface area contributed by atoms with Crippen LogP contribution in [0.5, 0.6) is 0 Å². The fourth-order valence-electron chi connectivity index (χ4n) is 4.89. The minimum Gasteiger partial charge on any atom is -0.368 e. The van der Waals surface area contributed by atoms with E-state index in [0.29, 0.717) is 11.8 Å². The van der Waals surface area contributed by atoms with Crippen LogP contribution in [-0.2, 0) is 19.2 Å². The number of hydrogen-bond donors (Lipinski definition) is 1. The van der Waals surface area contributed by atoms with Gasteiger partial charge in [0.05, 0.1) is 0 Å². The molecule has 1 N–H and O–H groups in total. The summed E-state index contributed by atoms with van der Waals surface area (Å²) in [5.74, 6) is 0.437. The van der Waals surface area contributed by atoms with Gasteiger partial charge in [-0.15, -0.1) is 0 Å². The van der Waals surface area contributed by atoms with E-state index in [1.54, 1.807) is 0 Å². The van der Waals surface area contributed by atoms with Crippen LogP contribution in [0.2, 0.25) is 0 Å². The van der Waals surface area contributed by atoms with Crippen LogP contribution in [-0.4, -0.2) is 29.1 Å². The van der Waals surface area contributed by atoms with E-state index in [1.807, 2.05) is 13.8 Å². The van der Waals surface area contributed by atoms with Crippen LogP contribution in [0.4, 0.5) is 0 Å². The molecule has 4 aliphatic heterocycles. The number of rotatable bonds is 0. The van der Waals surface area contributed by atoms with Crippen molar-refractivity contribution in [3.8, 4) is 0 Å². The van der Waals surface area contributed by atoms with Gasteiger partial charge in [-0.2, -0.15) is 0 Å². The maximum absolute atomic E-state index is 10.2. The molecule has 0 aromatic carbocycles. The van der Waals surface area contributed by atoms with Crippen LogP contribution in [0.25, 0.3) is 0 Å². The Morgan fingerprint density at radius 3 is 2.65 bits per heavy atom. The second-order valence-corrected chi connectivity index (χ2v) is 7.30. The van der Waals surface area contributed by atoms with Gasteiger partial charge in [-0.1, -0.05) is 13.8 Å². The van der Waals surface area contributed by atoms with Gasteiger partial charge in [0, 0.05) is 18.3 Å². The first-order valence-electron chi connectivity index (χ1n) is 7.84. The summed E-state index contributed by atoms with van der Waals surface area (Å²) in [7, 11) is 0. The Hall–Kier alpha value is -0.200. The quantitative estimate of drug-likeness (QED) is 0.691. The maximum atomic E-state index is 10.2. The normalized spacial score (nSPS) is 61.8. The van der Waals surface area contributed by atoms with Gasteiger partial charge in [-0.05, 0) is 38.0 Å². The number of hydrogen-bond acceptors (Lipinski definition) is 5. The van der Waals surface area contributed by atoms with Crippen molar-refractivity contribution in [2.45, 2.75) is 70.4 Å². The molecule has 5 aliphatic rings. The Kier molecular flexibility index (Phi) is 2.81. The molecular formula is C15H24O5. The fraction of sp³-hybridized carbons (Fsp3) is 1.00. The topological polar surface area (TPSA) is 57.2 Å². The van der Waals surface area contributed by atoms with Crippen molar-refractivity contribution in [1.29, 1.82) is 0 Å². The molecule has 0 aromatic heterocycles. The Morgan fingerprint density at radius 2 is 1.85 bits per heavy atom. The van der Waals surface area contributed by atoms with E-state index >= 15 is 0 Å². The highest BCUT2D eigenvalue weighted by Gasteiger charge is 2.69. The number of ether oxygens (including phenoxy) is 2. The Morgan fingerprint density at radius 1 is 1.05 bits per heavy atom. The summed E-state index contributed by atoms with van der Waals surface area (Å²) in [5, 5.41) is 10.2. The smallest absolute Gasteiger partial charge is 0.201 e. The van der Waals surface area contributed by atoms with Crippen LogP contribution < -0.4 is 0 Å². The zero-order chi connectivity index (χ0) is 14.1. The van der Waals surface area contributed by atoms with Crippen molar-refractivity contribution in [3.05, 3.63) is 0 Å². The summed E-state index contributed by atoms with van der Waals surface area (Å²) in [5.41, 5.74) is -0.549. The maximum Gasteiger partial charge on any atom is 0.201 e. The van der Waals surface area contributed by atoms with E-state index < -0.39 is 24.0 Å². The molecule has 0 radical (unpaired) electrons. The fourth-order valence-corrected chi connectivity index (χ4v) is 4.89. The molecule has 0 unspecified atom stereocenters. The molecule has 20 heavy (non-hydrogen) atoms. The zero-order valence-corrected chi connectivity index (χ0v) is 12.4. The van der Waals surface area contributed by atoms with E-state index in [0.717, 1.165) is 19.3 Å². The van der Waals surface area contributed by atoms with Crippen LogP contribution in [0, 0.1) is 23.7 Å². The highest BCUT2D eigenvalue weighted by molar-refractivity contribution is 5.08. The highest BCUT2D eigenvalue weighted by Crippen LogP contribution is 2.60. The minimum atomic E-state index is -0.781. The molecule has 114 valence electrons. The molecule has 5 heteroatoms. The van der Waals surface area contributed by atoms with Crippen molar-refractivity contribution in [1.82, 2.24) is 0 Å². The van der Waals surface area contributed by atoms with Gasteiger partial charge in [0.25, 0.3) is 0 Å². The molecule has 1 saturated carbocycles. The molecule has 5 rings (SSSR count). The summed E-state index contributed by atoms with van der Waals surface area (Å²) in [6.07, 6.45) is 2.72. The van der Waals surface area contributed by atoms with Crippen molar-refractivity contribution in [3.63, 3.8) is 0 Å². The second-order valence-electron chi connectivity index (χ2n) is 7.30. The van der Waals surface area contributed by atoms with Gasteiger partial charge in [0.1, 0.15) is 0 Å². The third-order valence-corrected chi connectivity index (χ3v) is 6.12. The molecule has 1 spiro atoms. The molecular weight excluding hydrogens is 260 g/mol. The number of aliphatic hydroxyl groups is 1. The molecule has 4 saturated heterocycles. The van der Waals surface area contributed by atoms with E-state index in [2.05, 4.69) is 6.92 Å². The van der Waals surface area contributed by atoms with Gasteiger partial charge in [0.2, 0.25) is 5.79 Å². The predicted octanol–water partition coefficient (Wildman–Crippen LogP) is 2.19. The van der Waals surface area contributed by atoms with Gasteiger partial charge < -0.3 is 14.6 Å². The second kappa shape index (κ2) is 4.17. The molecule has 5 nitrogen and oxygen atoms in total. The van der Waals surface area contributed by atoms with E-state index in [9.17, 15) is 5.11 Å². The molecule has 4 heterocycles. The van der Waals surface area contributed by atoms with Crippen LogP contribution >= 0.6 is 0 Å². The van der Waals surface area contributed by atoms with Crippen molar-refractivity contribution in [2.24, 2.45) is 23.7 Å². The first kappa shape index (κ1) is 13.5. The lowest BCUT2D eigenvalue weighted by Gasteiger charge is -2.59. The van der Waals surface area contributed by atoms with Gasteiger partial charge >= 0.3 is 0 Å². The van der Waals surface area contributed by atoms with Crippen LogP contribution in [0.1, 0.15) is 46.5 Å². The lowest BCUT2D eigenvalue weighted by molar-refractivity contribution is -0.576. The number of fused-ring (bicyclic) bond motifs is 2. The summed E-state index contributed by atoms with van der Waals surface area (Å²) in [6.45, 7) is 6.22. The van der Waals surface area contributed by atoms with Crippen molar-refractivity contribution < 1.29 is 24.4 Å². The SMILES string of the molecule is C[C@H]1[C@H](O)O[C@H]2O[C@@]3(C)CC[C@H]4[C@@H](C)CC[C@@H]1[C@@]24OO3. The monoisotopic (exact) mass is 284 g/mol. The van der Waals surface area contributed by atoms with Gasteiger partial charge in [0.15, 0.2) is 18.2 Å².